The van der Waals surface area contributed by atoms with Crippen LogP contribution in [0, 0.1) is 16.7 Å². The summed E-state index contributed by atoms with van der Waals surface area (Å²) in [6, 6.07) is 2.27. The Labute approximate surface area is 97.7 Å². The third-order valence-corrected chi connectivity index (χ3v) is 3.69. The van der Waals surface area contributed by atoms with Crippen LogP contribution in [0.5, 0.6) is 0 Å². The molecule has 16 heavy (non-hydrogen) atoms. The summed E-state index contributed by atoms with van der Waals surface area (Å²) in [6.07, 6.45) is 5.90. The molecule has 0 aromatic heterocycles. The molecule has 1 saturated heterocycles. The van der Waals surface area contributed by atoms with Gasteiger partial charge in [0.1, 0.15) is 0 Å². The van der Waals surface area contributed by atoms with Crippen LogP contribution < -0.4 is 0 Å². The molecule has 3 heteroatoms. The molecule has 1 saturated carbocycles. The van der Waals surface area contributed by atoms with Gasteiger partial charge in [-0.1, -0.05) is 0 Å². The second kappa shape index (κ2) is 4.73. The van der Waals surface area contributed by atoms with Crippen molar-refractivity contribution >= 4 is 0 Å². The van der Waals surface area contributed by atoms with Gasteiger partial charge >= 0.3 is 0 Å². The Morgan fingerprint density at radius 1 is 1.31 bits per heavy atom. The minimum absolute atomic E-state index is 0.208. The smallest absolute Gasteiger partial charge is 0.0628 e. The maximum Gasteiger partial charge on any atom is 0.0628 e. The molecular weight excluding hydrogens is 202 g/mol. The van der Waals surface area contributed by atoms with Crippen molar-refractivity contribution in [2.75, 3.05) is 6.61 Å². The minimum Gasteiger partial charge on any atom is -0.377 e. The minimum atomic E-state index is 0.208. The van der Waals surface area contributed by atoms with Crippen LogP contribution in [0.1, 0.15) is 46.0 Å². The van der Waals surface area contributed by atoms with E-state index < -0.39 is 0 Å². The number of nitriles is 1. The summed E-state index contributed by atoms with van der Waals surface area (Å²) in [4.78, 5) is 0. The van der Waals surface area contributed by atoms with Crippen molar-refractivity contribution in [1.82, 2.24) is 0 Å². The first-order valence-corrected chi connectivity index (χ1v) is 6.27. The third kappa shape index (κ3) is 2.96. The highest BCUT2D eigenvalue weighted by Crippen LogP contribution is 2.49. The molecule has 90 valence electrons. The molecule has 1 heterocycles. The molecule has 0 aromatic rings. The Kier molecular flexibility index (Phi) is 3.51. The van der Waals surface area contributed by atoms with Crippen LogP contribution in [0.4, 0.5) is 0 Å². The Morgan fingerprint density at radius 2 is 1.94 bits per heavy atom. The molecule has 0 amide bonds. The lowest BCUT2D eigenvalue weighted by molar-refractivity contribution is -0.108. The van der Waals surface area contributed by atoms with Crippen molar-refractivity contribution < 1.29 is 9.47 Å². The summed E-state index contributed by atoms with van der Waals surface area (Å²) in [5, 5.41) is 8.74. The van der Waals surface area contributed by atoms with Gasteiger partial charge in [0.2, 0.25) is 0 Å². The van der Waals surface area contributed by atoms with Gasteiger partial charge < -0.3 is 9.47 Å². The van der Waals surface area contributed by atoms with Crippen LogP contribution in [-0.2, 0) is 9.47 Å². The summed E-state index contributed by atoms with van der Waals surface area (Å²) in [5.74, 6) is 0. The van der Waals surface area contributed by atoms with Crippen molar-refractivity contribution in [2.24, 2.45) is 5.41 Å². The summed E-state index contributed by atoms with van der Waals surface area (Å²) >= 11 is 0. The highest BCUT2D eigenvalue weighted by atomic mass is 16.5. The first-order valence-electron chi connectivity index (χ1n) is 6.27. The van der Waals surface area contributed by atoms with E-state index in [0.29, 0.717) is 24.7 Å². The quantitative estimate of drug-likeness (QED) is 0.735. The Hall–Kier alpha value is -0.590. The summed E-state index contributed by atoms with van der Waals surface area (Å²) in [6.45, 7) is 4.98. The highest BCUT2D eigenvalue weighted by molar-refractivity contribution is 4.99. The number of rotatable bonds is 4. The largest absolute Gasteiger partial charge is 0.377 e. The van der Waals surface area contributed by atoms with Crippen molar-refractivity contribution in [3.8, 4) is 6.07 Å². The fraction of sp³-hybridized carbons (Fsp3) is 0.923. The fourth-order valence-electron chi connectivity index (χ4n) is 2.49. The Bertz CT molecular complexity index is 270. The molecule has 1 aliphatic carbocycles. The van der Waals surface area contributed by atoms with Gasteiger partial charge in [-0.25, -0.2) is 0 Å². The van der Waals surface area contributed by atoms with Crippen LogP contribution >= 0.6 is 0 Å². The molecule has 1 aliphatic heterocycles. The topological polar surface area (TPSA) is 42.2 Å². The lowest BCUT2D eigenvalue weighted by Crippen LogP contribution is -2.35. The molecule has 2 fully saturated rings. The first-order chi connectivity index (χ1) is 7.63. The van der Waals surface area contributed by atoms with E-state index in [1.165, 1.54) is 0 Å². The average molecular weight is 223 g/mol. The second-order valence-electron chi connectivity index (χ2n) is 5.50. The number of hydrogen-bond donors (Lipinski definition) is 0. The number of ether oxygens (including phenoxy) is 2. The van der Waals surface area contributed by atoms with Gasteiger partial charge in [0.25, 0.3) is 0 Å². The average Bonchev–Trinajstić information content (AvgIpc) is 2.95. The molecule has 2 rings (SSSR count). The van der Waals surface area contributed by atoms with Gasteiger partial charge in [-0.2, -0.15) is 5.26 Å². The maximum absolute atomic E-state index is 8.74. The number of hydrogen-bond acceptors (Lipinski definition) is 3. The molecule has 0 N–H and O–H groups in total. The summed E-state index contributed by atoms with van der Waals surface area (Å²) < 4.78 is 11.7. The van der Waals surface area contributed by atoms with E-state index in [4.69, 9.17) is 14.7 Å². The third-order valence-electron chi connectivity index (χ3n) is 3.69. The van der Waals surface area contributed by atoms with E-state index in [9.17, 15) is 0 Å². The van der Waals surface area contributed by atoms with E-state index in [2.05, 4.69) is 19.9 Å². The van der Waals surface area contributed by atoms with Crippen molar-refractivity contribution in [1.29, 1.82) is 5.26 Å². The van der Waals surface area contributed by atoms with Crippen molar-refractivity contribution in [3.63, 3.8) is 0 Å². The molecule has 2 aliphatic rings. The Balaban J connectivity index is 1.75. The lowest BCUT2D eigenvalue weighted by atomic mass is 10.0. The van der Waals surface area contributed by atoms with Gasteiger partial charge in [-0.3, -0.25) is 0 Å². The zero-order valence-corrected chi connectivity index (χ0v) is 10.2. The molecule has 3 nitrogen and oxygen atoms in total. The van der Waals surface area contributed by atoms with Crippen LogP contribution in [0.25, 0.3) is 0 Å². The van der Waals surface area contributed by atoms with E-state index in [-0.39, 0.29) is 5.41 Å². The normalized spacial score (nSPS) is 36.7. The van der Waals surface area contributed by atoms with E-state index in [0.717, 1.165) is 32.3 Å². The van der Waals surface area contributed by atoms with Gasteiger partial charge in [0.15, 0.2) is 0 Å². The molecule has 0 spiro atoms. The first kappa shape index (κ1) is 11.9. The predicted octanol–water partition coefficient (Wildman–Crippen LogP) is 2.65. The van der Waals surface area contributed by atoms with Gasteiger partial charge in [0, 0.05) is 11.8 Å². The van der Waals surface area contributed by atoms with E-state index >= 15 is 0 Å². The monoisotopic (exact) mass is 223 g/mol. The molecule has 0 aromatic carbocycles. The SMILES string of the molecule is CC1CC(OCC2(CC#N)CC2)CC(C)O1. The maximum atomic E-state index is 8.74. The van der Waals surface area contributed by atoms with Gasteiger partial charge in [-0.05, 0) is 39.5 Å². The standard InChI is InChI=1S/C13H21NO2/c1-10-7-12(8-11(2)16-10)15-9-13(3-4-13)5-6-14/h10-12H,3-5,7-9H2,1-2H3. The van der Waals surface area contributed by atoms with E-state index in [1.54, 1.807) is 0 Å². The molecule has 0 radical (unpaired) electrons. The summed E-state index contributed by atoms with van der Waals surface area (Å²) in [5.41, 5.74) is 0.208. The van der Waals surface area contributed by atoms with Crippen LogP contribution in [0.3, 0.4) is 0 Å². The predicted molar refractivity (Wildman–Crippen MR) is 60.9 cm³/mol. The molecule has 0 bridgehead atoms. The summed E-state index contributed by atoms with van der Waals surface area (Å²) in [7, 11) is 0. The Morgan fingerprint density at radius 3 is 2.44 bits per heavy atom. The van der Waals surface area contributed by atoms with Crippen LogP contribution in [0.15, 0.2) is 0 Å². The van der Waals surface area contributed by atoms with Gasteiger partial charge in [-0.15, -0.1) is 0 Å². The highest BCUT2D eigenvalue weighted by Gasteiger charge is 2.43. The van der Waals surface area contributed by atoms with E-state index in [1.807, 2.05) is 0 Å². The van der Waals surface area contributed by atoms with Crippen molar-refractivity contribution in [2.45, 2.75) is 64.3 Å². The zero-order valence-electron chi connectivity index (χ0n) is 10.2. The van der Waals surface area contributed by atoms with Crippen molar-refractivity contribution in [3.05, 3.63) is 0 Å². The lowest BCUT2D eigenvalue weighted by Gasteiger charge is -2.32. The number of nitrogens with zero attached hydrogens (tertiary/aromatic N) is 1. The molecular formula is C13H21NO2. The zero-order chi connectivity index (χ0) is 11.6. The van der Waals surface area contributed by atoms with Gasteiger partial charge in [0.05, 0.1) is 31.0 Å². The molecule has 2 unspecified atom stereocenters. The van der Waals surface area contributed by atoms with Crippen LogP contribution in [-0.4, -0.2) is 24.9 Å². The second-order valence-corrected chi connectivity index (χ2v) is 5.50. The fourth-order valence-corrected chi connectivity index (χ4v) is 2.49. The molecule has 2 atom stereocenters. The van der Waals surface area contributed by atoms with Crippen LogP contribution in [0.2, 0.25) is 0 Å².